The maximum Gasteiger partial charge on any atom is 0.327 e. The molecule has 0 bridgehead atoms. The van der Waals surface area contributed by atoms with E-state index in [2.05, 4.69) is 0 Å². The summed E-state index contributed by atoms with van der Waals surface area (Å²) in [5.74, 6) is -1.70. The van der Waals surface area contributed by atoms with E-state index in [1.54, 1.807) is 36.4 Å². The molecule has 1 fully saturated rings. The van der Waals surface area contributed by atoms with Gasteiger partial charge in [-0.05, 0) is 62.1 Å². The van der Waals surface area contributed by atoms with Crippen molar-refractivity contribution >= 4 is 27.6 Å². The van der Waals surface area contributed by atoms with E-state index in [9.17, 15) is 22.8 Å². The van der Waals surface area contributed by atoms with Gasteiger partial charge in [-0.3, -0.25) is 19.3 Å². The highest BCUT2D eigenvalue weighted by Crippen LogP contribution is 2.42. The molecule has 7 nitrogen and oxygen atoms in total. The molecule has 2 amide bonds. The average Bonchev–Trinajstić information content (AvgIpc) is 3.37. The van der Waals surface area contributed by atoms with Crippen molar-refractivity contribution in [3.05, 3.63) is 64.7 Å². The molecule has 2 aliphatic rings. The van der Waals surface area contributed by atoms with Crippen LogP contribution in [0.4, 0.5) is 0 Å². The Morgan fingerprint density at radius 2 is 1.56 bits per heavy atom. The Hall–Kier alpha value is -3.00. The molecule has 2 aromatic rings. The second-order valence-corrected chi connectivity index (χ2v) is 10.7. The Balaban J connectivity index is 1.50. The number of aryl methyl sites for hydroxylation is 2. The summed E-state index contributed by atoms with van der Waals surface area (Å²) in [4.78, 5) is 39.2. The largest absolute Gasteiger partial charge is 0.463 e. The average molecular weight is 456 g/mol. The highest BCUT2D eigenvalue weighted by Gasteiger charge is 2.54. The van der Waals surface area contributed by atoms with E-state index in [0.717, 1.165) is 16.0 Å². The number of amides is 2. The molecule has 0 spiro atoms. The number of benzene rings is 2. The van der Waals surface area contributed by atoms with E-state index in [-0.39, 0.29) is 30.9 Å². The van der Waals surface area contributed by atoms with Crippen LogP contribution in [-0.4, -0.2) is 49.0 Å². The first-order valence-electron chi connectivity index (χ1n) is 10.6. The highest BCUT2D eigenvalue weighted by molar-refractivity contribution is 7.93. The minimum absolute atomic E-state index is 0.111. The van der Waals surface area contributed by atoms with E-state index < -0.39 is 32.4 Å². The Labute approximate surface area is 187 Å². The van der Waals surface area contributed by atoms with Gasteiger partial charge in [0.05, 0.1) is 22.6 Å². The topological polar surface area (TPSA) is 97.8 Å². The number of carbonyl (C=O) groups is 3. The minimum Gasteiger partial charge on any atom is -0.463 e. The second kappa shape index (κ2) is 8.16. The van der Waals surface area contributed by atoms with Crippen LogP contribution in [0.15, 0.2) is 47.4 Å². The molecule has 0 atom stereocenters. The van der Waals surface area contributed by atoms with E-state index in [0.29, 0.717) is 24.0 Å². The lowest BCUT2D eigenvalue weighted by atomic mass is 10.1. The molecule has 0 saturated heterocycles. The molecule has 0 radical (unpaired) electrons. The first-order valence-corrected chi connectivity index (χ1v) is 12.1. The van der Waals surface area contributed by atoms with Crippen molar-refractivity contribution in [1.82, 2.24) is 4.90 Å². The SMILES string of the molecule is Cc1ccc(S(=O)(=O)C2(C(=O)OCCN3C(=O)c4ccccc4C3=O)CCCC2)cc1C. The van der Waals surface area contributed by atoms with Gasteiger partial charge in [-0.2, -0.15) is 0 Å². The minimum atomic E-state index is -3.98. The fraction of sp³-hybridized carbons (Fsp3) is 0.375. The molecule has 168 valence electrons. The zero-order chi connectivity index (χ0) is 23.1. The zero-order valence-corrected chi connectivity index (χ0v) is 18.9. The molecule has 0 aromatic heterocycles. The van der Waals surface area contributed by atoms with Gasteiger partial charge < -0.3 is 4.74 Å². The Kier molecular flexibility index (Phi) is 5.67. The third kappa shape index (κ3) is 3.43. The van der Waals surface area contributed by atoms with Gasteiger partial charge in [-0.15, -0.1) is 0 Å². The summed E-state index contributed by atoms with van der Waals surface area (Å²) >= 11 is 0. The quantitative estimate of drug-likeness (QED) is 0.490. The van der Waals surface area contributed by atoms with Gasteiger partial charge in [0.15, 0.2) is 14.6 Å². The first-order chi connectivity index (χ1) is 15.2. The lowest BCUT2D eigenvalue weighted by molar-refractivity contribution is -0.146. The molecular formula is C24H25NO6S. The maximum atomic E-state index is 13.5. The molecule has 0 unspecified atom stereocenters. The van der Waals surface area contributed by atoms with Crippen molar-refractivity contribution in [1.29, 1.82) is 0 Å². The van der Waals surface area contributed by atoms with Crippen LogP contribution < -0.4 is 0 Å². The molecule has 32 heavy (non-hydrogen) atoms. The number of hydrogen-bond donors (Lipinski definition) is 0. The summed E-state index contributed by atoms with van der Waals surface area (Å²) in [5, 5.41) is 0. The molecular weight excluding hydrogens is 430 g/mol. The third-order valence-corrected chi connectivity index (χ3v) is 8.99. The maximum absolute atomic E-state index is 13.5. The van der Waals surface area contributed by atoms with E-state index in [1.807, 2.05) is 13.8 Å². The van der Waals surface area contributed by atoms with Crippen molar-refractivity contribution in [3.8, 4) is 0 Å². The van der Waals surface area contributed by atoms with Crippen molar-refractivity contribution in [3.63, 3.8) is 0 Å². The van der Waals surface area contributed by atoms with E-state index in [1.165, 1.54) is 6.07 Å². The lowest BCUT2D eigenvalue weighted by Gasteiger charge is -2.27. The molecule has 4 rings (SSSR count). The van der Waals surface area contributed by atoms with Crippen LogP contribution in [0.3, 0.4) is 0 Å². The Morgan fingerprint density at radius 1 is 0.969 bits per heavy atom. The molecule has 8 heteroatoms. The number of ether oxygens (including phenoxy) is 1. The van der Waals surface area contributed by atoms with E-state index in [4.69, 9.17) is 4.74 Å². The van der Waals surface area contributed by atoms with Crippen molar-refractivity contribution < 1.29 is 27.5 Å². The fourth-order valence-electron chi connectivity index (χ4n) is 4.44. The summed E-state index contributed by atoms with van der Waals surface area (Å²) in [7, 11) is -3.98. The molecule has 1 aliphatic carbocycles. The highest BCUT2D eigenvalue weighted by atomic mass is 32.2. The van der Waals surface area contributed by atoms with Gasteiger partial charge in [-0.1, -0.05) is 31.0 Å². The van der Waals surface area contributed by atoms with Crippen molar-refractivity contribution in [2.24, 2.45) is 0 Å². The number of rotatable bonds is 6. The van der Waals surface area contributed by atoms with E-state index >= 15 is 0 Å². The molecule has 1 heterocycles. The van der Waals surface area contributed by atoms with Crippen LogP contribution in [0.25, 0.3) is 0 Å². The standard InChI is InChI=1S/C24H25NO6S/c1-16-9-10-18(15-17(16)2)32(29,30)24(11-5-6-12-24)23(28)31-14-13-25-21(26)19-7-3-4-8-20(19)22(25)27/h3-4,7-10,15H,5-6,11-14H2,1-2H3. The van der Waals surface area contributed by atoms with Crippen LogP contribution in [0.1, 0.15) is 57.5 Å². The van der Waals surface area contributed by atoms with Crippen molar-refractivity contribution in [2.75, 3.05) is 13.2 Å². The van der Waals surface area contributed by atoms with Crippen LogP contribution in [0.5, 0.6) is 0 Å². The van der Waals surface area contributed by atoms with Crippen LogP contribution in [0.2, 0.25) is 0 Å². The number of fused-ring (bicyclic) bond motifs is 1. The van der Waals surface area contributed by atoms with Crippen LogP contribution in [-0.2, 0) is 19.4 Å². The molecule has 0 N–H and O–H groups in total. The number of esters is 1. The molecule has 2 aromatic carbocycles. The fourth-order valence-corrected chi connectivity index (χ4v) is 6.57. The van der Waals surface area contributed by atoms with Gasteiger partial charge >= 0.3 is 5.97 Å². The number of nitrogens with zero attached hydrogens (tertiary/aromatic N) is 1. The van der Waals surface area contributed by atoms with Gasteiger partial charge in [0.1, 0.15) is 6.61 Å². The number of hydrogen-bond acceptors (Lipinski definition) is 6. The third-order valence-electron chi connectivity index (χ3n) is 6.51. The van der Waals surface area contributed by atoms with Gasteiger partial charge in [0.2, 0.25) is 0 Å². The van der Waals surface area contributed by atoms with Gasteiger partial charge in [0, 0.05) is 0 Å². The lowest BCUT2D eigenvalue weighted by Crippen LogP contribution is -2.46. The van der Waals surface area contributed by atoms with Crippen LogP contribution >= 0.6 is 0 Å². The predicted molar refractivity (Wildman–Crippen MR) is 117 cm³/mol. The number of imide groups is 1. The zero-order valence-electron chi connectivity index (χ0n) is 18.1. The first kappa shape index (κ1) is 22.2. The number of sulfone groups is 1. The Morgan fingerprint density at radius 3 is 2.12 bits per heavy atom. The monoisotopic (exact) mass is 455 g/mol. The summed E-state index contributed by atoms with van der Waals surface area (Å²) in [6, 6.07) is 11.4. The summed E-state index contributed by atoms with van der Waals surface area (Å²) in [5.41, 5.74) is 2.42. The van der Waals surface area contributed by atoms with Gasteiger partial charge in [-0.25, -0.2) is 8.42 Å². The second-order valence-electron chi connectivity index (χ2n) is 8.39. The smallest absolute Gasteiger partial charge is 0.327 e. The predicted octanol–water partition coefficient (Wildman–Crippen LogP) is 3.23. The normalized spacial score (nSPS) is 17.5. The molecule has 1 saturated carbocycles. The summed E-state index contributed by atoms with van der Waals surface area (Å²) in [6.45, 7) is 3.34. The molecule has 1 aliphatic heterocycles. The summed E-state index contributed by atoms with van der Waals surface area (Å²) in [6.07, 6.45) is 1.59. The van der Waals surface area contributed by atoms with Crippen molar-refractivity contribution in [2.45, 2.75) is 49.2 Å². The Bertz CT molecular complexity index is 1180. The van der Waals surface area contributed by atoms with Crippen LogP contribution in [0, 0.1) is 13.8 Å². The summed E-state index contributed by atoms with van der Waals surface area (Å²) < 4.78 is 30.8. The number of carbonyl (C=O) groups excluding carboxylic acids is 3. The van der Waals surface area contributed by atoms with Gasteiger partial charge in [0.25, 0.3) is 11.8 Å².